The molecule has 27 heavy (non-hydrogen) atoms. The van der Waals surface area contributed by atoms with Gasteiger partial charge in [-0.15, -0.1) is 0 Å². The number of halogens is 5. The molecule has 6 nitrogen and oxygen atoms in total. The molecule has 0 spiro atoms. The first-order chi connectivity index (χ1) is 12.3. The van der Waals surface area contributed by atoms with Gasteiger partial charge in [0.15, 0.2) is 5.60 Å². The van der Waals surface area contributed by atoms with Crippen molar-refractivity contribution in [3.8, 4) is 0 Å². The van der Waals surface area contributed by atoms with Crippen molar-refractivity contribution < 1.29 is 40.3 Å². The Bertz CT molecular complexity index is 818. The minimum Gasteiger partial charge on any atom is -0.380 e. The fraction of sp³-hybridized carbons (Fsp3) is 0.533. The largest absolute Gasteiger partial charge is 0.417 e. The molecule has 1 aliphatic heterocycles. The number of aliphatic hydroxyl groups is 1. The van der Waals surface area contributed by atoms with Crippen molar-refractivity contribution in [1.29, 1.82) is 0 Å². The van der Waals surface area contributed by atoms with E-state index < -0.39 is 50.7 Å². The Labute approximate surface area is 152 Å². The Morgan fingerprint density at radius 3 is 2.19 bits per heavy atom. The van der Waals surface area contributed by atoms with Gasteiger partial charge in [0.25, 0.3) is 0 Å². The van der Waals surface area contributed by atoms with Gasteiger partial charge in [0.1, 0.15) is 16.5 Å². The lowest BCUT2D eigenvalue weighted by Gasteiger charge is -2.35. The summed E-state index contributed by atoms with van der Waals surface area (Å²) in [4.78, 5) is 12.2. The topological polar surface area (TPSA) is 77.9 Å². The summed E-state index contributed by atoms with van der Waals surface area (Å²) in [6, 6.07) is 1.99. The Balaban J connectivity index is 2.05. The Kier molecular flexibility index (Phi) is 5.83. The third kappa shape index (κ3) is 4.55. The number of hydrogen-bond donors (Lipinski definition) is 1. The highest BCUT2D eigenvalue weighted by molar-refractivity contribution is 7.89. The number of sulfonamides is 1. The molecule has 0 aromatic heterocycles. The van der Waals surface area contributed by atoms with Gasteiger partial charge in [0.2, 0.25) is 15.9 Å². The van der Waals surface area contributed by atoms with Crippen LogP contribution in [0, 0.1) is 11.6 Å². The number of carbonyl (C=O) groups is 1. The van der Waals surface area contributed by atoms with Crippen LogP contribution in [-0.2, 0) is 14.8 Å². The van der Waals surface area contributed by atoms with Crippen molar-refractivity contribution >= 4 is 15.9 Å². The zero-order chi connectivity index (χ0) is 20.6. The molecule has 1 aromatic rings. The molecule has 1 aliphatic rings. The molecule has 0 saturated carbocycles. The maximum atomic E-state index is 13.8. The zero-order valence-corrected chi connectivity index (χ0v) is 14.9. The molecule has 1 N–H and O–H groups in total. The third-order valence-electron chi connectivity index (χ3n) is 4.21. The maximum absolute atomic E-state index is 13.8. The van der Waals surface area contributed by atoms with Crippen LogP contribution in [0.1, 0.15) is 13.3 Å². The molecular formula is C15H17F5N2O4S. The van der Waals surface area contributed by atoms with E-state index in [0.29, 0.717) is 13.0 Å². The first-order valence-corrected chi connectivity index (χ1v) is 9.22. The molecule has 1 atom stereocenters. The fourth-order valence-electron chi connectivity index (χ4n) is 2.51. The molecule has 0 unspecified atom stereocenters. The summed E-state index contributed by atoms with van der Waals surface area (Å²) in [6.45, 7) is -0.537. The van der Waals surface area contributed by atoms with Crippen LogP contribution >= 0.6 is 0 Å². The van der Waals surface area contributed by atoms with E-state index in [1.54, 1.807) is 0 Å². The second-order valence-corrected chi connectivity index (χ2v) is 8.21. The van der Waals surface area contributed by atoms with Crippen molar-refractivity contribution in [1.82, 2.24) is 9.21 Å². The molecular weight excluding hydrogens is 399 g/mol. The highest BCUT2D eigenvalue weighted by atomic mass is 32.2. The number of amides is 1. The van der Waals surface area contributed by atoms with E-state index in [2.05, 4.69) is 0 Å². The van der Waals surface area contributed by atoms with Gasteiger partial charge in [-0.05, 0) is 19.1 Å². The van der Waals surface area contributed by atoms with Crippen molar-refractivity contribution in [3.05, 3.63) is 29.8 Å². The highest BCUT2D eigenvalue weighted by Gasteiger charge is 2.51. The van der Waals surface area contributed by atoms with Crippen LogP contribution in [0.5, 0.6) is 0 Å². The Morgan fingerprint density at radius 2 is 1.70 bits per heavy atom. The van der Waals surface area contributed by atoms with Gasteiger partial charge >= 0.3 is 6.18 Å². The van der Waals surface area contributed by atoms with Crippen molar-refractivity contribution in [2.45, 2.75) is 30.0 Å². The summed E-state index contributed by atoms with van der Waals surface area (Å²) >= 11 is 0. The SMILES string of the molecule is C[C@@](O)(CC(=O)N1CCN(S(=O)(=O)c2ccc(F)cc2F)CC1)C(F)(F)F. The first kappa shape index (κ1) is 21.5. The van der Waals surface area contributed by atoms with Crippen LogP contribution in [-0.4, -0.2) is 66.6 Å². The third-order valence-corrected chi connectivity index (χ3v) is 6.14. The van der Waals surface area contributed by atoms with Crippen LogP contribution in [0.2, 0.25) is 0 Å². The van der Waals surface area contributed by atoms with E-state index >= 15 is 0 Å². The number of hydrogen-bond acceptors (Lipinski definition) is 4. The second kappa shape index (κ2) is 7.32. The van der Waals surface area contributed by atoms with Crippen molar-refractivity contribution in [2.24, 2.45) is 0 Å². The average Bonchev–Trinajstić information content (AvgIpc) is 2.53. The molecule has 1 aromatic carbocycles. The summed E-state index contributed by atoms with van der Waals surface area (Å²) in [7, 11) is -4.29. The number of alkyl halides is 3. The van der Waals surface area contributed by atoms with Crippen LogP contribution in [0.3, 0.4) is 0 Å². The lowest BCUT2D eigenvalue weighted by molar-refractivity contribution is -0.254. The van der Waals surface area contributed by atoms with Gasteiger partial charge in [-0.3, -0.25) is 4.79 Å². The summed E-state index contributed by atoms with van der Waals surface area (Å²) in [5.41, 5.74) is -3.20. The van der Waals surface area contributed by atoms with Crippen molar-refractivity contribution in [3.63, 3.8) is 0 Å². The number of rotatable bonds is 4. The Morgan fingerprint density at radius 1 is 1.15 bits per heavy atom. The summed E-state index contributed by atoms with van der Waals surface area (Å²) in [5, 5.41) is 9.38. The lowest BCUT2D eigenvalue weighted by Crippen LogP contribution is -2.53. The minimum absolute atomic E-state index is 0.227. The smallest absolute Gasteiger partial charge is 0.380 e. The molecule has 1 fully saturated rings. The Hall–Kier alpha value is -1.79. The molecule has 0 radical (unpaired) electrons. The zero-order valence-electron chi connectivity index (χ0n) is 14.1. The molecule has 12 heteroatoms. The first-order valence-electron chi connectivity index (χ1n) is 7.78. The predicted octanol–water partition coefficient (Wildman–Crippen LogP) is 1.50. The maximum Gasteiger partial charge on any atom is 0.417 e. The quantitative estimate of drug-likeness (QED) is 0.755. The molecule has 152 valence electrons. The van der Waals surface area contributed by atoms with E-state index in [0.717, 1.165) is 21.3 Å². The van der Waals surface area contributed by atoms with E-state index in [1.807, 2.05) is 0 Å². The van der Waals surface area contributed by atoms with Gasteiger partial charge in [0, 0.05) is 32.2 Å². The molecule has 1 amide bonds. The van der Waals surface area contributed by atoms with Crippen LogP contribution in [0.25, 0.3) is 0 Å². The molecule has 0 bridgehead atoms. The van der Waals surface area contributed by atoms with Gasteiger partial charge in [-0.1, -0.05) is 0 Å². The monoisotopic (exact) mass is 416 g/mol. The van der Waals surface area contributed by atoms with E-state index in [1.165, 1.54) is 0 Å². The second-order valence-electron chi connectivity index (χ2n) is 6.31. The van der Waals surface area contributed by atoms with E-state index in [9.17, 15) is 40.3 Å². The van der Waals surface area contributed by atoms with Gasteiger partial charge in [0.05, 0.1) is 6.42 Å². The van der Waals surface area contributed by atoms with Gasteiger partial charge in [-0.2, -0.15) is 17.5 Å². The number of piperazine rings is 1. The fourth-order valence-corrected chi connectivity index (χ4v) is 3.98. The van der Waals surface area contributed by atoms with E-state index in [4.69, 9.17) is 0 Å². The molecule has 0 aliphatic carbocycles. The molecule has 2 rings (SSSR count). The van der Waals surface area contributed by atoms with Gasteiger partial charge in [-0.25, -0.2) is 17.2 Å². The number of carbonyl (C=O) groups excluding carboxylic acids is 1. The van der Waals surface area contributed by atoms with Crippen LogP contribution in [0.15, 0.2) is 23.1 Å². The summed E-state index contributed by atoms with van der Waals surface area (Å²) in [6.07, 6.45) is -6.19. The lowest BCUT2D eigenvalue weighted by atomic mass is 10.0. The van der Waals surface area contributed by atoms with Crippen molar-refractivity contribution in [2.75, 3.05) is 26.2 Å². The predicted molar refractivity (Wildman–Crippen MR) is 83.0 cm³/mol. The van der Waals surface area contributed by atoms with Gasteiger partial charge < -0.3 is 10.0 Å². The minimum atomic E-state index is -4.99. The number of nitrogens with zero attached hydrogens (tertiary/aromatic N) is 2. The molecule has 1 saturated heterocycles. The number of benzene rings is 1. The molecule has 1 heterocycles. The summed E-state index contributed by atoms with van der Waals surface area (Å²) < 4.78 is 90.4. The highest BCUT2D eigenvalue weighted by Crippen LogP contribution is 2.33. The average molecular weight is 416 g/mol. The van der Waals surface area contributed by atoms with Crippen LogP contribution in [0.4, 0.5) is 22.0 Å². The normalized spacial score (nSPS) is 19.0. The van der Waals surface area contributed by atoms with E-state index in [-0.39, 0.29) is 26.2 Å². The standard InChI is InChI=1S/C15H17F5N2O4S/c1-14(24,15(18,19)20)9-13(23)21-4-6-22(7-5-21)27(25,26)12-3-2-10(16)8-11(12)17/h2-3,8,24H,4-7,9H2,1H3/t14-/m1/s1. The summed E-state index contributed by atoms with van der Waals surface area (Å²) in [5.74, 6) is -3.20. The van der Waals surface area contributed by atoms with Crippen LogP contribution < -0.4 is 0 Å².